The fourth-order valence-electron chi connectivity index (χ4n) is 2.08. The highest BCUT2D eigenvalue weighted by Crippen LogP contribution is 2.34. The Balaban J connectivity index is 0. The zero-order valence-electron chi connectivity index (χ0n) is 13.2. The summed E-state index contributed by atoms with van der Waals surface area (Å²) >= 11 is 0. The van der Waals surface area contributed by atoms with Crippen LogP contribution in [0.1, 0.15) is 27.7 Å². The van der Waals surface area contributed by atoms with Crippen molar-refractivity contribution in [3.63, 3.8) is 0 Å². The van der Waals surface area contributed by atoms with Gasteiger partial charge < -0.3 is 31.1 Å². The molecule has 6 heteroatoms. The van der Waals surface area contributed by atoms with Gasteiger partial charge in [-0.3, -0.25) is 0 Å². The molecule has 0 radical (unpaired) electrons. The lowest BCUT2D eigenvalue weighted by Gasteiger charge is -2.52. The second kappa shape index (κ2) is 7.82. The molecule has 0 amide bonds. The first kappa shape index (κ1) is 20.7. The second-order valence-electron chi connectivity index (χ2n) is 5.24. The number of halogens is 1. The minimum atomic E-state index is -0.697. The molecule has 0 fully saturated rings. The molecule has 0 spiro atoms. The van der Waals surface area contributed by atoms with E-state index >= 15 is 0 Å². The largest absolute Gasteiger partial charge is 1.00 e. The monoisotopic (exact) mass is 299 g/mol. The highest BCUT2D eigenvalue weighted by Gasteiger charge is 2.57. The Morgan fingerprint density at radius 3 is 1.44 bits per heavy atom. The second-order valence-corrected chi connectivity index (χ2v) is 6.60. The smallest absolute Gasteiger partial charge is 0.243 e. The third-order valence-electron chi connectivity index (χ3n) is 3.39. The fourth-order valence-corrected chi connectivity index (χ4v) is 2.65. The first-order valence-electron chi connectivity index (χ1n) is 6.41. The number of ether oxygens (including phenoxy) is 3. The zero-order valence-corrected chi connectivity index (χ0v) is 15.9. The van der Waals surface area contributed by atoms with Crippen molar-refractivity contribution in [2.75, 3.05) is 41.0 Å². The van der Waals surface area contributed by atoms with Crippen molar-refractivity contribution in [3.05, 3.63) is 0 Å². The Labute approximate surface area is 121 Å². The summed E-state index contributed by atoms with van der Waals surface area (Å²) in [5, 5.41) is -0.423. The molecule has 0 saturated carbocycles. The van der Waals surface area contributed by atoms with Gasteiger partial charge in [-0.05, 0) is 27.7 Å². The molecule has 0 aliphatic rings. The van der Waals surface area contributed by atoms with Gasteiger partial charge >= 0.3 is 0 Å². The van der Waals surface area contributed by atoms with Crippen LogP contribution in [0.2, 0.25) is 0 Å². The quantitative estimate of drug-likeness (QED) is 0.283. The molecule has 0 aromatic heterocycles. The van der Waals surface area contributed by atoms with Crippen LogP contribution in [0, 0.1) is 0 Å². The van der Waals surface area contributed by atoms with E-state index in [9.17, 15) is 0 Å². The molecule has 0 heterocycles. The van der Waals surface area contributed by atoms with Crippen molar-refractivity contribution in [1.29, 1.82) is 0 Å². The van der Waals surface area contributed by atoms with Gasteiger partial charge in [-0.1, -0.05) is 0 Å². The minimum Gasteiger partial charge on any atom is -1.00 e. The normalized spacial score (nSPS) is 16.2. The maximum atomic E-state index is 6.05. The van der Waals surface area contributed by atoms with Crippen molar-refractivity contribution in [3.8, 4) is 0 Å². The summed E-state index contributed by atoms with van der Waals surface area (Å²) in [6.07, 6.45) is 0. The lowest BCUT2D eigenvalue weighted by Crippen LogP contribution is -3.00. The predicted octanol–water partition coefficient (Wildman–Crippen LogP) is -2.46. The van der Waals surface area contributed by atoms with Crippen LogP contribution in [-0.4, -0.2) is 66.8 Å². The molecule has 0 aliphatic carbocycles. The Morgan fingerprint density at radius 2 is 1.22 bits per heavy atom. The molecule has 0 rings (SSSR count). The molecule has 18 heavy (non-hydrogen) atoms. The molecule has 0 aromatic carbocycles. The van der Waals surface area contributed by atoms with E-state index in [1.54, 1.807) is 0 Å². The summed E-state index contributed by atoms with van der Waals surface area (Å²) in [5.74, 6) is -0.697. The minimum absolute atomic E-state index is 0. The lowest BCUT2D eigenvalue weighted by molar-refractivity contribution is -0.948. The SMILES string of the molecule is CCOC(C)(OCC)C([SiH3])(OCC)[N+](C)(C)C.[Cl-]. The van der Waals surface area contributed by atoms with Gasteiger partial charge in [-0.25, -0.2) is 0 Å². The van der Waals surface area contributed by atoms with E-state index in [-0.39, 0.29) is 12.4 Å². The summed E-state index contributed by atoms with van der Waals surface area (Å²) in [6, 6.07) is 0. The summed E-state index contributed by atoms with van der Waals surface area (Å²) in [5.41, 5.74) is 0. The Kier molecular flexibility index (Phi) is 8.98. The van der Waals surface area contributed by atoms with Crippen LogP contribution < -0.4 is 12.4 Å². The van der Waals surface area contributed by atoms with Crippen molar-refractivity contribution in [2.24, 2.45) is 0 Å². The van der Waals surface area contributed by atoms with Crippen LogP contribution in [0.4, 0.5) is 0 Å². The molecule has 0 N–H and O–H groups in total. The van der Waals surface area contributed by atoms with Crippen LogP contribution in [0.3, 0.4) is 0 Å². The summed E-state index contributed by atoms with van der Waals surface area (Å²) < 4.78 is 18.5. The Bertz CT molecular complexity index is 230. The van der Waals surface area contributed by atoms with Gasteiger partial charge in [0.05, 0.1) is 27.7 Å². The molecule has 0 bridgehead atoms. The Morgan fingerprint density at radius 1 is 0.889 bits per heavy atom. The van der Waals surface area contributed by atoms with Gasteiger partial charge in [0.2, 0.25) is 11.1 Å². The molecule has 1 atom stereocenters. The number of hydrogen-bond donors (Lipinski definition) is 0. The molecule has 0 saturated heterocycles. The van der Waals surface area contributed by atoms with Gasteiger partial charge in [0.25, 0.3) is 0 Å². The topological polar surface area (TPSA) is 27.7 Å². The average Bonchev–Trinajstić information content (AvgIpc) is 2.16. The summed E-state index contributed by atoms with van der Waals surface area (Å²) in [7, 11) is 7.20. The molecule has 0 aromatic rings. The van der Waals surface area contributed by atoms with Crippen LogP contribution in [0.5, 0.6) is 0 Å². The van der Waals surface area contributed by atoms with Gasteiger partial charge in [-0.15, -0.1) is 0 Å². The van der Waals surface area contributed by atoms with Gasteiger partial charge in [0.15, 0.2) is 0 Å². The fraction of sp³-hybridized carbons (Fsp3) is 1.00. The highest BCUT2D eigenvalue weighted by atomic mass is 35.5. The molecule has 1 unspecified atom stereocenters. The van der Waals surface area contributed by atoms with Crippen molar-refractivity contribution in [2.45, 2.75) is 38.8 Å². The molecular formula is C12H30ClNO3Si. The number of likely N-dealkylation sites (N-methyl/N-ethyl adjacent to an activating group) is 1. The van der Waals surface area contributed by atoms with E-state index in [2.05, 4.69) is 21.1 Å². The van der Waals surface area contributed by atoms with Gasteiger partial charge in [-0.2, -0.15) is 0 Å². The molecule has 0 aliphatic heterocycles. The summed E-state index contributed by atoms with van der Waals surface area (Å²) in [4.78, 5) is 0. The van der Waals surface area contributed by atoms with Gasteiger partial charge in [0, 0.05) is 13.2 Å². The van der Waals surface area contributed by atoms with Crippen molar-refractivity contribution >= 4 is 10.2 Å². The zero-order chi connectivity index (χ0) is 13.7. The van der Waals surface area contributed by atoms with Crippen molar-refractivity contribution in [1.82, 2.24) is 0 Å². The number of nitrogens with zero attached hydrogens (tertiary/aromatic N) is 1. The predicted molar refractivity (Wildman–Crippen MR) is 74.0 cm³/mol. The van der Waals surface area contributed by atoms with Crippen molar-refractivity contribution < 1.29 is 31.1 Å². The number of rotatable bonds is 8. The molecule has 112 valence electrons. The highest BCUT2D eigenvalue weighted by molar-refractivity contribution is 6.14. The third-order valence-corrected chi connectivity index (χ3v) is 5.93. The first-order chi connectivity index (χ1) is 7.68. The van der Waals surface area contributed by atoms with E-state index in [0.29, 0.717) is 24.3 Å². The van der Waals surface area contributed by atoms with Crippen LogP contribution in [0.25, 0.3) is 0 Å². The standard InChI is InChI=1S/C12H30NO3Si.ClH/c1-8-14-11(4,15-9-2)12(17,16-10-3)13(5,6)7;/h8-10H2,1-7,17H3;1H/q+1;/p-1. The lowest BCUT2D eigenvalue weighted by atomic mass is 10.2. The van der Waals surface area contributed by atoms with E-state index < -0.39 is 11.1 Å². The van der Waals surface area contributed by atoms with E-state index in [4.69, 9.17) is 14.2 Å². The van der Waals surface area contributed by atoms with Gasteiger partial charge in [0.1, 0.15) is 10.2 Å². The molecule has 4 nitrogen and oxygen atoms in total. The Hall–Kier alpha value is 0.347. The maximum Gasteiger partial charge on any atom is 0.243 e. The number of quaternary nitrogens is 1. The van der Waals surface area contributed by atoms with E-state index in [1.165, 1.54) is 0 Å². The van der Waals surface area contributed by atoms with E-state index in [1.807, 2.05) is 27.7 Å². The number of hydrogen-bond acceptors (Lipinski definition) is 3. The first-order valence-corrected chi connectivity index (χ1v) is 7.41. The van der Waals surface area contributed by atoms with Crippen LogP contribution in [-0.2, 0) is 14.2 Å². The molecular weight excluding hydrogens is 270 g/mol. The maximum absolute atomic E-state index is 6.05. The third kappa shape index (κ3) is 4.18. The average molecular weight is 300 g/mol. The summed E-state index contributed by atoms with van der Waals surface area (Å²) in [6.45, 7) is 9.88. The van der Waals surface area contributed by atoms with Crippen LogP contribution in [0.15, 0.2) is 0 Å². The van der Waals surface area contributed by atoms with E-state index in [0.717, 1.165) is 10.2 Å². The van der Waals surface area contributed by atoms with Crippen LogP contribution >= 0.6 is 0 Å².